The zero-order valence-electron chi connectivity index (χ0n) is 7.45. The minimum atomic E-state index is -3.88. The topological polar surface area (TPSA) is 103 Å². The molecule has 1 aromatic heterocycles. The van der Waals surface area contributed by atoms with Crippen molar-refractivity contribution >= 4 is 36.8 Å². The molecule has 0 N–H and O–H groups in total. The van der Waals surface area contributed by atoms with Crippen molar-refractivity contribution in [1.29, 1.82) is 0 Å². The standard InChI is InChI=1S/C7H3ClN2O5S/c8-16(13,14)4-1-2-6-5(3-4)9-7(15-6)10(11)12/h1-3H. The van der Waals surface area contributed by atoms with Gasteiger partial charge in [0.25, 0.3) is 9.05 Å². The highest BCUT2D eigenvalue weighted by molar-refractivity contribution is 8.13. The first kappa shape index (κ1) is 10.8. The van der Waals surface area contributed by atoms with E-state index in [1.54, 1.807) is 0 Å². The van der Waals surface area contributed by atoms with Gasteiger partial charge >= 0.3 is 6.01 Å². The van der Waals surface area contributed by atoms with Crippen LogP contribution in [0.2, 0.25) is 0 Å². The monoisotopic (exact) mass is 262 g/mol. The fourth-order valence-corrected chi connectivity index (χ4v) is 1.90. The van der Waals surface area contributed by atoms with Gasteiger partial charge in [-0.15, -0.1) is 0 Å². The van der Waals surface area contributed by atoms with Gasteiger partial charge in [0.2, 0.25) is 5.52 Å². The molecule has 0 radical (unpaired) electrons. The van der Waals surface area contributed by atoms with E-state index in [9.17, 15) is 18.5 Å². The van der Waals surface area contributed by atoms with Gasteiger partial charge in [-0.2, -0.15) is 0 Å². The van der Waals surface area contributed by atoms with E-state index in [4.69, 9.17) is 15.1 Å². The fraction of sp³-hybridized carbons (Fsp3) is 0. The van der Waals surface area contributed by atoms with E-state index >= 15 is 0 Å². The molecule has 2 aromatic rings. The number of aromatic nitrogens is 1. The summed E-state index contributed by atoms with van der Waals surface area (Å²) in [6.07, 6.45) is 0. The molecule has 0 aliphatic carbocycles. The summed E-state index contributed by atoms with van der Waals surface area (Å²) in [6.45, 7) is 0. The summed E-state index contributed by atoms with van der Waals surface area (Å²) in [5.41, 5.74) is 0.184. The highest BCUT2D eigenvalue weighted by atomic mass is 35.7. The van der Waals surface area contributed by atoms with Crippen molar-refractivity contribution in [3.63, 3.8) is 0 Å². The van der Waals surface area contributed by atoms with E-state index in [0.29, 0.717) is 0 Å². The Hall–Kier alpha value is -1.67. The van der Waals surface area contributed by atoms with Gasteiger partial charge in [-0.05, 0) is 12.1 Å². The molecule has 0 aliphatic heterocycles. The van der Waals surface area contributed by atoms with Gasteiger partial charge in [-0.1, -0.05) is 0 Å². The van der Waals surface area contributed by atoms with Crippen LogP contribution in [-0.4, -0.2) is 18.3 Å². The van der Waals surface area contributed by atoms with Gasteiger partial charge in [-0.3, -0.25) is 0 Å². The van der Waals surface area contributed by atoms with Crippen molar-refractivity contribution in [2.24, 2.45) is 0 Å². The summed E-state index contributed by atoms with van der Waals surface area (Å²) in [7, 11) is 1.22. The van der Waals surface area contributed by atoms with Crippen LogP contribution in [0.1, 0.15) is 0 Å². The lowest BCUT2D eigenvalue weighted by Gasteiger charge is -1.91. The van der Waals surface area contributed by atoms with Gasteiger partial charge < -0.3 is 14.5 Å². The summed E-state index contributed by atoms with van der Waals surface area (Å²) in [6, 6.07) is 2.84. The fourth-order valence-electron chi connectivity index (χ4n) is 1.12. The van der Waals surface area contributed by atoms with E-state index in [2.05, 4.69) is 4.98 Å². The number of nitrogens with zero attached hydrogens (tertiary/aromatic N) is 2. The average molecular weight is 263 g/mol. The Morgan fingerprint density at radius 1 is 1.44 bits per heavy atom. The maximum atomic E-state index is 11.0. The van der Waals surface area contributed by atoms with Gasteiger partial charge in [0, 0.05) is 26.7 Å². The van der Waals surface area contributed by atoms with Crippen LogP contribution < -0.4 is 0 Å². The van der Waals surface area contributed by atoms with Gasteiger partial charge in [0.15, 0.2) is 5.58 Å². The number of rotatable bonds is 2. The second kappa shape index (κ2) is 3.42. The number of hydrogen-bond donors (Lipinski definition) is 0. The molecule has 16 heavy (non-hydrogen) atoms. The third kappa shape index (κ3) is 1.84. The SMILES string of the molecule is O=[N+]([O-])c1nc2cc(S(=O)(=O)Cl)ccc2o1. The molecule has 0 saturated heterocycles. The third-order valence-corrected chi connectivity index (χ3v) is 3.14. The van der Waals surface area contributed by atoms with Crippen molar-refractivity contribution in [2.75, 3.05) is 0 Å². The van der Waals surface area contributed by atoms with Crippen molar-refractivity contribution < 1.29 is 17.8 Å². The Kier molecular flexibility index (Phi) is 2.32. The molecule has 0 spiro atoms. The molecule has 0 saturated carbocycles. The van der Waals surface area contributed by atoms with Crippen molar-refractivity contribution in [3.8, 4) is 0 Å². The molecule has 1 aromatic carbocycles. The van der Waals surface area contributed by atoms with E-state index in [-0.39, 0.29) is 16.0 Å². The molecule has 84 valence electrons. The Morgan fingerprint density at radius 3 is 2.69 bits per heavy atom. The minimum Gasteiger partial charge on any atom is -0.381 e. The second-order valence-electron chi connectivity index (χ2n) is 2.82. The molecule has 0 amide bonds. The maximum Gasteiger partial charge on any atom is 0.546 e. The third-order valence-electron chi connectivity index (χ3n) is 1.79. The largest absolute Gasteiger partial charge is 0.546 e. The molecule has 0 aliphatic rings. The average Bonchev–Trinajstić information content (AvgIpc) is 2.58. The van der Waals surface area contributed by atoms with Crippen LogP contribution in [-0.2, 0) is 9.05 Å². The molecular formula is C7H3ClN2O5S. The smallest absolute Gasteiger partial charge is 0.381 e. The Balaban J connectivity index is 2.67. The highest BCUT2D eigenvalue weighted by Crippen LogP contribution is 2.24. The van der Waals surface area contributed by atoms with Crippen LogP contribution in [0.3, 0.4) is 0 Å². The molecule has 0 unspecified atom stereocenters. The molecule has 2 rings (SSSR count). The van der Waals surface area contributed by atoms with Crippen LogP contribution in [0.15, 0.2) is 27.5 Å². The lowest BCUT2D eigenvalue weighted by Crippen LogP contribution is -1.89. The van der Waals surface area contributed by atoms with Crippen LogP contribution >= 0.6 is 10.7 Å². The highest BCUT2D eigenvalue weighted by Gasteiger charge is 2.20. The van der Waals surface area contributed by atoms with E-state index < -0.39 is 20.0 Å². The maximum absolute atomic E-state index is 11.0. The van der Waals surface area contributed by atoms with Crippen LogP contribution in [0.5, 0.6) is 0 Å². The van der Waals surface area contributed by atoms with Crippen molar-refractivity contribution in [3.05, 3.63) is 28.3 Å². The zero-order valence-corrected chi connectivity index (χ0v) is 9.03. The van der Waals surface area contributed by atoms with Crippen LogP contribution in [0.4, 0.5) is 6.01 Å². The summed E-state index contributed by atoms with van der Waals surface area (Å²) in [4.78, 5) is 12.9. The van der Waals surface area contributed by atoms with E-state index in [1.807, 2.05) is 0 Å². The molecule has 9 heteroatoms. The predicted molar refractivity (Wildman–Crippen MR) is 53.7 cm³/mol. The lowest BCUT2D eigenvalue weighted by molar-refractivity contribution is -0.406. The van der Waals surface area contributed by atoms with Crippen molar-refractivity contribution in [2.45, 2.75) is 4.90 Å². The Morgan fingerprint density at radius 2 is 2.12 bits per heavy atom. The summed E-state index contributed by atoms with van der Waals surface area (Å²) in [5.74, 6) is 0. The zero-order chi connectivity index (χ0) is 11.9. The van der Waals surface area contributed by atoms with Gasteiger partial charge in [0.05, 0.1) is 4.90 Å². The van der Waals surface area contributed by atoms with Gasteiger partial charge in [0.1, 0.15) is 0 Å². The minimum absolute atomic E-state index is 0.0634. The molecule has 0 atom stereocenters. The summed E-state index contributed by atoms with van der Waals surface area (Å²) < 4.78 is 26.7. The quantitative estimate of drug-likeness (QED) is 0.463. The first-order valence-corrected chi connectivity index (χ1v) is 6.18. The van der Waals surface area contributed by atoms with Gasteiger partial charge in [-0.25, -0.2) is 8.42 Å². The number of benzene rings is 1. The first-order valence-electron chi connectivity index (χ1n) is 3.87. The molecule has 7 nitrogen and oxygen atoms in total. The molecule has 0 bridgehead atoms. The molecular weight excluding hydrogens is 260 g/mol. The number of fused-ring (bicyclic) bond motifs is 1. The van der Waals surface area contributed by atoms with Crippen LogP contribution in [0.25, 0.3) is 11.1 Å². The molecule has 0 fully saturated rings. The predicted octanol–water partition coefficient (Wildman–Crippen LogP) is 1.66. The Labute approximate surface area is 93.2 Å². The second-order valence-corrected chi connectivity index (χ2v) is 5.39. The van der Waals surface area contributed by atoms with Crippen LogP contribution in [0, 0.1) is 10.1 Å². The number of halogens is 1. The summed E-state index contributed by atoms with van der Waals surface area (Å²) >= 11 is 0. The molecule has 1 heterocycles. The lowest BCUT2D eigenvalue weighted by atomic mass is 10.3. The van der Waals surface area contributed by atoms with E-state index in [0.717, 1.165) is 6.07 Å². The van der Waals surface area contributed by atoms with Crippen molar-refractivity contribution in [1.82, 2.24) is 4.98 Å². The number of oxazole rings is 1. The first-order chi connectivity index (χ1) is 7.38. The Bertz CT molecular complexity index is 677. The summed E-state index contributed by atoms with van der Waals surface area (Å²) in [5, 5.41) is 10.4. The number of hydrogen-bond acceptors (Lipinski definition) is 6. The normalized spacial score (nSPS) is 11.8. The van der Waals surface area contributed by atoms with E-state index in [1.165, 1.54) is 12.1 Å². The number of nitro groups is 1.